The van der Waals surface area contributed by atoms with Crippen molar-refractivity contribution in [2.75, 3.05) is 19.7 Å². The van der Waals surface area contributed by atoms with Crippen LogP contribution in [0.4, 0.5) is 0 Å². The monoisotopic (exact) mass is 538 g/mol. The number of benzene rings is 2. The molecule has 0 aliphatic rings. The van der Waals surface area contributed by atoms with Crippen molar-refractivity contribution >= 4 is 35.8 Å². The van der Waals surface area contributed by atoms with Gasteiger partial charge in [0.15, 0.2) is 12.6 Å². The number of hydrogen-bond acceptors (Lipinski definition) is 3. The summed E-state index contributed by atoms with van der Waals surface area (Å²) < 4.78 is 5.37. The fourth-order valence-corrected chi connectivity index (χ4v) is 3.00. The van der Waals surface area contributed by atoms with Crippen LogP contribution in [0.15, 0.2) is 53.5 Å². The molecule has 1 amide bonds. The van der Waals surface area contributed by atoms with Gasteiger partial charge in [-0.05, 0) is 42.2 Å². The first-order valence-corrected chi connectivity index (χ1v) is 10.5. The molecule has 0 radical (unpaired) electrons. The zero-order valence-corrected chi connectivity index (χ0v) is 21.2. The molecular formula is C24H35IN4O2. The molecule has 0 aliphatic heterocycles. The first kappa shape index (κ1) is 26.7. The Labute approximate surface area is 203 Å². The fourth-order valence-electron chi connectivity index (χ4n) is 3.00. The van der Waals surface area contributed by atoms with Gasteiger partial charge in [-0.1, -0.05) is 57.2 Å². The van der Waals surface area contributed by atoms with E-state index in [1.807, 2.05) is 25.1 Å². The summed E-state index contributed by atoms with van der Waals surface area (Å²) in [6, 6.07) is 16.3. The van der Waals surface area contributed by atoms with Gasteiger partial charge >= 0.3 is 0 Å². The molecule has 2 rings (SSSR count). The van der Waals surface area contributed by atoms with Crippen molar-refractivity contribution in [2.24, 2.45) is 10.7 Å². The van der Waals surface area contributed by atoms with Crippen molar-refractivity contribution in [3.63, 3.8) is 0 Å². The summed E-state index contributed by atoms with van der Waals surface area (Å²) in [5.74, 6) is 0.874. The van der Waals surface area contributed by atoms with E-state index in [4.69, 9.17) is 15.5 Å². The van der Waals surface area contributed by atoms with Gasteiger partial charge in [-0.25, -0.2) is 4.99 Å². The number of ether oxygens (including phenoxy) is 1. The number of carbonyl (C=O) groups is 1. The third-order valence-electron chi connectivity index (χ3n) is 4.88. The second-order valence-electron chi connectivity index (χ2n) is 7.89. The zero-order chi connectivity index (χ0) is 22.0. The van der Waals surface area contributed by atoms with E-state index in [0.717, 1.165) is 31.0 Å². The maximum atomic E-state index is 10.9. The summed E-state index contributed by atoms with van der Waals surface area (Å²) in [7, 11) is 0. The van der Waals surface area contributed by atoms with E-state index < -0.39 is 5.91 Å². The second kappa shape index (κ2) is 13.2. The number of rotatable bonds is 10. The minimum Gasteiger partial charge on any atom is -0.484 e. The van der Waals surface area contributed by atoms with E-state index in [0.29, 0.717) is 12.3 Å². The topological polar surface area (TPSA) is 88.7 Å². The Morgan fingerprint density at radius 2 is 1.77 bits per heavy atom. The lowest BCUT2D eigenvalue weighted by Crippen LogP contribution is -2.43. The van der Waals surface area contributed by atoms with Crippen LogP contribution >= 0.6 is 24.0 Å². The van der Waals surface area contributed by atoms with Gasteiger partial charge in [0.05, 0.1) is 6.54 Å². The summed E-state index contributed by atoms with van der Waals surface area (Å²) >= 11 is 0. The molecule has 4 N–H and O–H groups in total. The highest BCUT2D eigenvalue weighted by atomic mass is 127. The normalized spacial score (nSPS) is 11.4. The summed E-state index contributed by atoms with van der Waals surface area (Å²) in [6.45, 7) is 10.6. The summed E-state index contributed by atoms with van der Waals surface area (Å²) in [5.41, 5.74) is 8.73. The van der Waals surface area contributed by atoms with E-state index in [9.17, 15) is 4.79 Å². The van der Waals surface area contributed by atoms with Crippen LogP contribution in [0.5, 0.6) is 5.75 Å². The van der Waals surface area contributed by atoms with E-state index in [2.05, 4.69) is 55.7 Å². The highest BCUT2D eigenvalue weighted by Gasteiger charge is 2.20. The van der Waals surface area contributed by atoms with E-state index >= 15 is 0 Å². The Bertz CT molecular complexity index is 851. The predicted octanol–water partition coefficient (Wildman–Crippen LogP) is 3.76. The van der Waals surface area contributed by atoms with Gasteiger partial charge < -0.3 is 21.1 Å². The number of nitrogens with one attached hydrogen (secondary N) is 2. The van der Waals surface area contributed by atoms with Crippen LogP contribution in [-0.2, 0) is 23.2 Å². The summed E-state index contributed by atoms with van der Waals surface area (Å²) in [4.78, 5) is 15.6. The fraction of sp³-hybridized carbons (Fsp3) is 0.417. The van der Waals surface area contributed by atoms with Crippen molar-refractivity contribution in [1.29, 1.82) is 0 Å². The Balaban J connectivity index is 0.00000480. The van der Waals surface area contributed by atoms with Crippen LogP contribution in [0.25, 0.3) is 0 Å². The number of guanidine groups is 1. The molecule has 0 bridgehead atoms. The number of amides is 1. The molecule has 0 heterocycles. The number of hydrogen-bond donors (Lipinski definition) is 3. The van der Waals surface area contributed by atoms with Gasteiger partial charge in [0, 0.05) is 18.5 Å². The van der Waals surface area contributed by atoms with Gasteiger partial charge in [-0.15, -0.1) is 24.0 Å². The van der Waals surface area contributed by atoms with Crippen LogP contribution < -0.4 is 21.1 Å². The van der Waals surface area contributed by atoms with Gasteiger partial charge in [-0.3, -0.25) is 4.79 Å². The van der Waals surface area contributed by atoms with Crippen molar-refractivity contribution in [2.45, 2.75) is 46.1 Å². The van der Waals surface area contributed by atoms with Crippen LogP contribution in [0.1, 0.15) is 44.4 Å². The van der Waals surface area contributed by atoms with Crippen LogP contribution in [0, 0.1) is 0 Å². The summed E-state index contributed by atoms with van der Waals surface area (Å²) in [6.07, 6.45) is 1.05. The highest BCUT2D eigenvalue weighted by molar-refractivity contribution is 14.0. The molecule has 0 aromatic heterocycles. The van der Waals surface area contributed by atoms with E-state index in [1.165, 1.54) is 11.1 Å². The lowest BCUT2D eigenvalue weighted by atomic mass is 9.84. The number of nitrogens with two attached hydrogens (primary N) is 1. The smallest absolute Gasteiger partial charge is 0.255 e. The Hall–Kier alpha value is -2.29. The molecule has 0 spiro atoms. The number of halogens is 1. The van der Waals surface area contributed by atoms with Crippen LogP contribution in [0.3, 0.4) is 0 Å². The number of aliphatic imine (C=N–C) groups is 1. The van der Waals surface area contributed by atoms with Crippen molar-refractivity contribution in [3.05, 3.63) is 65.2 Å². The third kappa shape index (κ3) is 9.16. The number of carbonyl (C=O) groups excluding carboxylic acids is 1. The molecule has 2 aromatic carbocycles. The Morgan fingerprint density at radius 1 is 1.06 bits per heavy atom. The quantitative estimate of drug-likeness (QED) is 0.244. The average Bonchev–Trinajstić information content (AvgIpc) is 2.74. The Kier molecular flexibility index (Phi) is 11.4. The van der Waals surface area contributed by atoms with Gasteiger partial charge in [0.25, 0.3) is 5.91 Å². The zero-order valence-electron chi connectivity index (χ0n) is 18.9. The maximum absolute atomic E-state index is 10.9. The van der Waals surface area contributed by atoms with Crippen molar-refractivity contribution < 1.29 is 9.53 Å². The number of primary amides is 1. The standard InChI is InChI=1S/C24H34N4O2.HI/c1-5-18-10-12-20(13-11-18)24(3,4)17-28-23(26-6-2)27-15-19-8-7-9-21(14-19)30-16-22(25)29;/h7-14H,5-6,15-17H2,1-4H3,(H2,25,29)(H2,26,27,28);1H. The highest BCUT2D eigenvalue weighted by Crippen LogP contribution is 2.23. The maximum Gasteiger partial charge on any atom is 0.255 e. The minimum atomic E-state index is -0.496. The lowest BCUT2D eigenvalue weighted by molar-refractivity contribution is -0.119. The SMILES string of the molecule is CCNC(=NCc1cccc(OCC(N)=O)c1)NCC(C)(C)c1ccc(CC)cc1.I. The molecular weight excluding hydrogens is 503 g/mol. The molecule has 6 nitrogen and oxygen atoms in total. The third-order valence-corrected chi connectivity index (χ3v) is 4.88. The number of aryl methyl sites for hydroxylation is 1. The lowest BCUT2D eigenvalue weighted by Gasteiger charge is -2.27. The van der Waals surface area contributed by atoms with Crippen LogP contribution in [0.2, 0.25) is 0 Å². The van der Waals surface area contributed by atoms with Gasteiger partial charge in [-0.2, -0.15) is 0 Å². The average molecular weight is 538 g/mol. The first-order chi connectivity index (χ1) is 14.3. The molecule has 31 heavy (non-hydrogen) atoms. The molecule has 0 aliphatic carbocycles. The van der Waals surface area contributed by atoms with Crippen LogP contribution in [-0.4, -0.2) is 31.6 Å². The van der Waals surface area contributed by atoms with Gasteiger partial charge in [0.2, 0.25) is 0 Å². The molecule has 2 aromatic rings. The number of nitrogens with zero attached hydrogens (tertiary/aromatic N) is 1. The van der Waals surface area contributed by atoms with E-state index in [1.54, 1.807) is 6.07 Å². The Morgan fingerprint density at radius 3 is 2.39 bits per heavy atom. The second-order valence-corrected chi connectivity index (χ2v) is 7.89. The van der Waals surface area contributed by atoms with E-state index in [-0.39, 0.29) is 36.0 Å². The minimum absolute atomic E-state index is 0. The molecule has 7 heteroatoms. The summed E-state index contributed by atoms with van der Waals surface area (Å²) in [5, 5.41) is 6.76. The largest absolute Gasteiger partial charge is 0.484 e. The first-order valence-electron chi connectivity index (χ1n) is 10.5. The molecule has 0 saturated heterocycles. The van der Waals surface area contributed by atoms with Gasteiger partial charge in [0.1, 0.15) is 5.75 Å². The predicted molar refractivity (Wildman–Crippen MR) is 138 cm³/mol. The van der Waals surface area contributed by atoms with Crippen molar-refractivity contribution in [1.82, 2.24) is 10.6 Å². The van der Waals surface area contributed by atoms with Crippen molar-refractivity contribution in [3.8, 4) is 5.75 Å². The molecule has 0 fully saturated rings. The molecule has 0 atom stereocenters. The molecule has 0 saturated carbocycles. The molecule has 0 unspecified atom stereocenters. The molecule has 170 valence electrons.